The normalized spacial score (nSPS) is 11.3. The molecule has 9 aromatic carbocycles. The van der Waals surface area contributed by atoms with Crippen LogP contribution in [0, 0.1) is 0 Å². The van der Waals surface area contributed by atoms with Crippen molar-refractivity contribution in [2.75, 3.05) is 0 Å². The molecule has 0 saturated heterocycles. The topological polar surface area (TPSA) is 12.9 Å². The zero-order valence-electron chi connectivity index (χ0n) is 29.7. The van der Waals surface area contributed by atoms with Gasteiger partial charge in [-0.05, 0) is 112 Å². The maximum absolute atomic E-state index is 4.72. The fraction of sp³-hybridized carbons (Fsp3) is 0. The van der Waals surface area contributed by atoms with E-state index in [2.05, 4.69) is 206 Å². The molecular formula is C53H35N. The van der Waals surface area contributed by atoms with E-state index in [1.54, 1.807) is 0 Å². The van der Waals surface area contributed by atoms with Crippen LogP contribution in [0.3, 0.4) is 0 Å². The average molecular weight is 686 g/mol. The molecule has 10 aromatic rings. The van der Waals surface area contributed by atoms with Crippen molar-refractivity contribution < 1.29 is 0 Å². The van der Waals surface area contributed by atoms with E-state index >= 15 is 0 Å². The first-order chi connectivity index (χ1) is 26.8. The Morgan fingerprint density at radius 3 is 0.852 bits per heavy atom. The number of aromatic nitrogens is 1. The summed E-state index contributed by atoms with van der Waals surface area (Å²) in [5.41, 5.74) is 14.4. The molecule has 0 saturated carbocycles. The van der Waals surface area contributed by atoms with Gasteiger partial charge in [-0.15, -0.1) is 0 Å². The summed E-state index contributed by atoms with van der Waals surface area (Å²) in [6.45, 7) is 0. The van der Waals surface area contributed by atoms with E-state index in [-0.39, 0.29) is 0 Å². The fourth-order valence-corrected chi connectivity index (χ4v) is 8.48. The van der Waals surface area contributed by atoms with Gasteiger partial charge in [0.15, 0.2) is 0 Å². The van der Waals surface area contributed by atoms with Gasteiger partial charge in [0.2, 0.25) is 0 Å². The Balaban J connectivity index is 1.53. The predicted octanol–water partition coefficient (Wildman–Crippen LogP) is 14.5. The number of fused-ring (bicyclic) bond motifs is 3. The third-order valence-corrected chi connectivity index (χ3v) is 10.7. The Hall–Kier alpha value is -7.09. The standard InChI is InChI=1S/C53H35N/c1-7-19-36(20-8-1)48-42-31-32-54-35-47(42)49(37-21-9-2-10-22-37)44-34-46-45(33-43(44)48)50(38-23-11-3-12-24-38)52(40-27-15-5-16-28-40)53(41-29-17-6-18-30-41)51(46)39-25-13-4-14-26-39/h1-35H. The lowest BCUT2D eigenvalue weighted by molar-refractivity contribution is 1.37. The lowest BCUT2D eigenvalue weighted by Crippen LogP contribution is -1.99. The summed E-state index contributed by atoms with van der Waals surface area (Å²) in [5, 5.41) is 7.18. The summed E-state index contributed by atoms with van der Waals surface area (Å²) < 4.78 is 0. The molecule has 1 heterocycles. The molecule has 1 heteroatoms. The molecule has 0 aliphatic carbocycles. The number of pyridine rings is 1. The second-order valence-corrected chi connectivity index (χ2v) is 13.8. The highest BCUT2D eigenvalue weighted by Crippen LogP contribution is 2.53. The SMILES string of the molecule is c1ccc(-c2c(-c3ccccc3)c(-c3ccccc3)c3cc4c(-c5ccccc5)c5cnccc5c(-c5ccccc5)c4cc3c2-c2ccccc2)cc1. The van der Waals surface area contributed by atoms with Crippen molar-refractivity contribution in [2.24, 2.45) is 0 Å². The molecule has 0 spiro atoms. The second-order valence-electron chi connectivity index (χ2n) is 13.8. The molecule has 10 rings (SSSR count). The molecule has 0 radical (unpaired) electrons. The molecule has 0 aliphatic rings. The third kappa shape index (κ3) is 5.29. The summed E-state index contributed by atoms with van der Waals surface area (Å²) in [4.78, 5) is 4.72. The van der Waals surface area contributed by atoms with Gasteiger partial charge in [0.1, 0.15) is 0 Å². The van der Waals surface area contributed by atoms with Crippen molar-refractivity contribution in [2.45, 2.75) is 0 Å². The van der Waals surface area contributed by atoms with Crippen LogP contribution in [0.1, 0.15) is 0 Å². The van der Waals surface area contributed by atoms with Crippen LogP contribution < -0.4 is 0 Å². The van der Waals surface area contributed by atoms with Crippen LogP contribution >= 0.6 is 0 Å². The second kappa shape index (κ2) is 13.5. The lowest BCUT2D eigenvalue weighted by Gasteiger charge is -2.26. The largest absolute Gasteiger partial charge is 0.264 e. The minimum Gasteiger partial charge on any atom is -0.264 e. The van der Waals surface area contributed by atoms with Crippen LogP contribution in [0.25, 0.3) is 99.1 Å². The average Bonchev–Trinajstić information content (AvgIpc) is 3.26. The smallest absolute Gasteiger partial charge is 0.0353 e. The first-order valence-corrected chi connectivity index (χ1v) is 18.5. The van der Waals surface area contributed by atoms with Crippen LogP contribution in [0.4, 0.5) is 0 Å². The van der Waals surface area contributed by atoms with E-state index in [1.807, 2.05) is 6.20 Å². The van der Waals surface area contributed by atoms with Gasteiger partial charge in [-0.2, -0.15) is 0 Å². The molecule has 252 valence electrons. The molecule has 0 bridgehead atoms. The zero-order chi connectivity index (χ0) is 35.8. The Morgan fingerprint density at radius 2 is 0.500 bits per heavy atom. The maximum Gasteiger partial charge on any atom is 0.0353 e. The van der Waals surface area contributed by atoms with Crippen LogP contribution in [-0.2, 0) is 0 Å². The summed E-state index contributed by atoms with van der Waals surface area (Å²) in [7, 11) is 0. The van der Waals surface area contributed by atoms with Crippen LogP contribution in [0.2, 0.25) is 0 Å². The number of rotatable bonds is 6. The van der Waals surface area contributed by atoms with E-state index in [0.29, 0.717) is 0 Å². The molecule has 0 aliphatic heterocycles. The number of hydrogen-bond acceptors (Lipinski definition) is 1. The van der Waals surface area contributed by atoms with Gasteiger partial charge in [-0.25, -0.2) is 0 Å². The summed E-state index contributed by atoms with van der Waals surface area (Å²) in [6, 6.07) is 72.7. The van der Waals surface area contributed by atoms with Gasteiger partial charge in [0.25, 0.3) is 0 Å². The van der Waals surface area contributed by atoms with Crippen molar-refractivity contribution in [1.82, 2.24) is 4.98 Å². The first-order valence-electron chi connectivity index (χ1n) is 18.5. The van der Waals surface area contributed by atoms with E-state index in [4.69, 9.17) is 4.98 Å². The van der Waals surface area contributed by atoms with Crippen LogP contribution in [0.5, 0.6) is 0 Å². The van der Waals surface area contributed by atoms with Crippen molar-refractivity contribution in [3.8, 4) is 66.8 Å². The molecular weight excluding hydrogens is 651 g/mol. The molecule has 1 aromatic heterocycles. The maximum atomic E-state index is 4.72. The van der Waals surface area contributed by atoms with Gasteiger partial charge in [0.05, 0.1) is 0 Å². The molecule has 0 N–H and O–H groups in total. The first kappa shape index (κ1) is 31.6. The Morgan fingerprint density at radius 1 is 0.222 bits per heavy atom. The lowest BCUT2D eigenvalue weighted by atomic mass is 9.77. The Kier molecular flexibility index (Phi) is 7.89. The van der Waals surface area contributed by atoms with Gasteiger partial charge < -0.3 is 0 Å². The van der Waals surface area contributed by atoms with Crippen molar-refractivity contribution >= 4 is 32.3 Å². The van der Waals surface area contributed by atoms with Crippen LogP contribution in [0.15, 0.2) is 213 Å². The minimum atomic E-state index is 1.14. The number of nitrogens with zero attached hydrogens (tertiary/aromatic N) is 1. The third-order valence-electron chi connectivity index (χ3n) is 10.7. The fourth-order valence-electron chi connectivity index (χ4n) is 8.48. The van der Waals surface area contributed by atoms with Crippen molar-refractivity contribution in [3.05, 3.63) is 213 Å². The molecule has 0 unspecified atom stereocenters. The summed E-state index contributed by atoms with van der Waals surface area (Å²) >= 11 is 0. The van der Waals surface area contributed by atoms with Crippen molar-refractivity contribution in [1.29, 1.82) is 0 Å². The van der Waals surface area contributed by atoms with Crippen LogP contribution in [-0.4, -0.2) is 4.98 Å². The highest BCUT2D eigenvalue weighted by molar-refractivity contribution is 6.27. The molecule has 54 heavy (non-hydrogen) atoms. The highest BCUT2D eigenvalue weighted by Gasteiger charge is 2.26. The summed E-state index contributed by atoms with van der Waals surface area (Å²) in [5.74, 6) is 0. The molecule has 0 amide bonds. The Bertz CT molecular complexity index is 2720. The van der Waals surface area contributed by atoms with E-state index < -0.39 is 0 Å². The van der Waals surface area contributed by atoms with Crippen molar-refractivity contribution in [3.63, 3.8) is 0 Å². The number of hydrogen-bond donors (Lipinski definition) is 0. The predicted molar refractivity (Wildman–Crippen MR) is 229 cm³/mol. The molecule has 0 fully saturated rings. The minimum absolute atomic E-state index is 1.14. The van der Waals surface area contributed by atoms with Gasteiger partial charge in [-0.1, -0.05) is 182 Å². The summed E-state index contributed by atoms with van der Waals surface area (Å²) in [6.07, 6.45) is 3.98. The van der Waals surface area contributed by atoms with Gasteiger partial charge in [-0.3, -0.25) is 4.98 Å². The van der Waals surface area contributed by atoms with E-state index in [9.17, 15) is 0 Å². The Labute approximate surface area is 315 Å². The van der Waals surface area contributed by atoms with Gasteiger partial charge >= 0.3 is 0 Å². The highest BCUT2D eigenvalue weighted by atomic mass is 14.6. The van der Waals surface area contributed by atoms with E-state index in [0.717, 1.165) is 5.39 Å². The number of benzene rings is 9. The molecule has 0 atom stereocenters. The van der Waals surface area contributed by atoms with E-state index in [1.165, 1.54) is 93.7 Å². The zero-order valence-corrected chi connectivity index (χ0v) is 29.7. The van der Waals surface area contributed by atoms with Gasteiger partial charge in [0, 0.05) is 17.8 Å². The molecule has 1 nitrogen and oxygen atoms in total. The monoisotopic (exact) mass is 685 g/mol. The quantitative estimate of drug-likeness (QED) is 0.159.